The van der Waals surface area contributed by atoms with Gasteiger partial charge in [0.2, 0.25) is 17.8 Å². The fourth-order valence-electron chi connectivity index (χ4n) is 3.54. The number of carbonyl (C=O) groups excluding carboxylic acids is 1. The molecule has 4 N–H and O–H groups in total. The lowest BCUT2D eigenvalue weighted by molar-refractivity contribution is 0.0519. The molecule has 1 amide bonds. The van der Waals surface area contributed by atoms with E-state index in [0.29, 0.717) is 62.9 Å². The first kappa shape index (κ1) is 29.6. The predicted octanol–water partition coefficient (Wildman–Crippen LogP) is 4.10. The van der Waals surface area contributed by atoms with Crippen LogP contribution in [0, 0.1) is 0 Å². The van der Waals surface area contributed by atoms with Crippen LogP contribution in [0.3, 0.4) is 0 Å². The van der Waals surface area contributed by atoms with Gasteiger partial charge in [0.15, 0.2) is 0 Å². The zero-order chi connectivity index (χ0) is 27.7. The largest absolute Gasteiger partial charge is 0.497 e. The molecule has 1 heterocycles. The monoisotopic (exact) mass is 537 g/mol. The van der Waals surface area contributed by atoms with Gasteiger partial charge >= 0.3 is 0 Å². The highest BCUT2D eigenvalue weighted by Gasteiger charge is 2.11. The topological polar surface area (TPSA) is 132 Å². The number of ether oxygens (including phenoxy) is 3. The van der Waals surface area contributed by atoms with Crippen molar-refractivity contribution >= 4 is 29.4 Å². The number of aromatic nitrogens is 3. The average Bonchev–Trinajstić information content (AvgIpc) is 2.97. The van der Waals surface area contributed by atoms with Crippen molar-refractivity contribution in [3.8, 4) is 5.75 Å². The van der Waals surface area contributed by atoms with Gasteiger partial charge in [0, 0.05) is 30.4 Å². The van der Waals surface area contributed by atoms with Gasteiger partial charge in [-0.15, -0.1) is 0 Å². The molecule has 0 bridgehead atoms. The smallest absolute Gasteiger partial charge is 0.251 e. The van der Waals surface area contributed by atoms with Crippen LogP contribution in [0.15, 0.2) is 54.6 Å². The molecule has 11 heteroatoms. The van der Waals surface area contributed by atoms with E-state index < -0.39 is 0 Å². The summed E-state index contributed by atoms with van der Waals surface area (Å²) in [6.07, 6.45) is 1.92. The van der Waals surface area contributed by atoms with Gasteiger partial charge in [0.25, 0.3) is 5.91 Å². The standard InChI is InChI=1S/C28H39N7O4/c1-4-22(5-2)31-27-33-26(34-28(35-27)32-23-11-13-24(37-3)14-12-23)30-16-18-39-20-19-38-17-15-29-25(36)21-9-7-6-8-10-21/h6-14,22H,4-5,15-20H2,1-3H3,(H,29,36)(H3,30,31,32,33,34,35). The van der Waals surface area contributed by atoms with E-state index >= 15 is 0 Å². The molecule has 3 aromatic rings. The summed E-state index contributed by atoms with van der Waals surface area (Å²) in [6, 6.07) is 16.9. The summed E-state index contributed by atoms with van der Waals surface area (Å²) in [6.45, 7) is 6.96. The van der Waals surface area contributed by atoms with Crippen molar-refractivity contribution in [3.05, 3.63) is 60.2 Å². The average molecular weight is 538 g/mol. The minimum Gasteiger partial charge on any atom is -0.497 e. The van der Waals surface area contributed by atoms with Gasteiger partial charge in [-0.25, -0.2) is 0 Å². The maximum Gasteiger partial charge on any atom is 0.251 e. The third kappa shape index (κ3) is 10.7. The molecule has 0 saturated carbocycles. The molecule has 3 rings (SSSR count). The lowest BCUT2D eigenvalue weighted by atomic mass is 10.2. The molecule has 0 aliphatic heterocycles. The number of nitrogens with zero attached hydrogens (tertiary/aromatic N) is 3. The van der Waals surface area contributed by atoms with Gasteiger partial charge in [-0.3, -0.25) is 4.79 Å². The first-order valence-electron chi connectivity index (χ1n) is 13.3. The zero-order valence-electron chi connectivity index (χ0n) is 22.9. The second-order valence-electron chi connectivity index (χ2n) is 8.59. The third-order valence-electron chi connectivity index (χ3n) is 5.77. The summed E-state index contributed by atoms with van der Waals surface area (Å²) in [5.41, 5.74) is 1.47. The van der Waals surface area contributed by atoms with Gasteiger partial charge in [0.1, 0.15) is 5.75 Å². The first-order valence-corrected chi connectivity index (χ1v) is 13.3. The van der Waals surface area contributed by atoms with Crippen LogP contribution in [0.5, 0.6) is 5.75 Å². The summed E-state index contributed by atoms with van der Waals surface area (Å²) in [5, 5.41) is 12.6. The van der Waals surface area contributed by atoms with E-state index in [1.165, 1.54) is 0 Å². The number of rotatable bonds is 18. The first-order chi connectivity index (χ1) is 19.1. The van der Waals surface area contributed by atoms with E-state index in [9.17, 15) is 4.79 Å². The molecule has 11 nitrogen and oxygen atoms in total. The summed E-state index contributed by atoms with van der Waals surface area (Å²) in [5.74, 6) is 2.05. The third-order valence-corrected chi connectivity index (χ3v) is 5.77. The van der Waals surface area contributed by atoms with Crippen molar-refractivity contribution < 1.29 is 19.0 Å². The molecule has 1 aromatic heterocycles. The Hall–Kier alpha value is -3.96. The maximum absolute atomic E-state index is 12.0. The highest BCUT2D eigenvalue weighted by atomic mass is 16.5. The van der Waals surface area contributed by atoms with Gasteiger partial charge < -0.3 is 35.5 Å². The SMILES string of the molecule is CCC(CC)Nc1nc(NCCOCCOCCNC(=O)c2ccccc2)nc(Nc2ccc(OC)cc2)n1. The molecule has 0 atom stereocenters. The Balaban J connectivity index is 1.39. The highest BCUT2D eigenvalue weighted by molar-refractivity contribution is 5.94. The molecular weight excluding hydrogens is 498 g/mol. The molecule has 0 radical (unpaired) electrons. The fraction of sp³-hybridized carbons (Fsp3) is 0.429. The number of carbonyl (C=O) groups is 1. The van der Waals surface area contributed by atoms with Crippen molar-refractivity contribution in [3.63, 3.8) is 0 Å². The molecule has 0 spiro atoms. The van der Waals surface area contributed by atoms with E-state index in [1.807, 2.05) is 42.5 Å². The van der Waals surface area contributed by atoms with E-state index in [-0.39, 0.29) is 11.9 Å². The lowest BCUT2D eigenvalue weighted by Gasteiger charge is -2.16. The molecule has 0 aliphatic rings. The Labute approximate surface area is 230 Å². The van der Waals surface area contributed by atoms with Crippen LogP contribution in [0.25, 0.3) is 0 Å². The molecule has 0 aliphatic carbocycles. The zero-order valence-corrected chi connectivity index (χ0v) is 22.9. The molecule has 0 unspecified atom stereocenters. The Morgan fingerprint density at radius 3 is 2.10 bits per heavy atom. The molecule has 0 saturated heterocycles. The van der Waals surface area contributed by atoms with E-state index in [0.717, 1.165) is 24.3 Å². The summed E-state index contributed by atoms with van der Waals surface area (Å²) in [4.78, 5) is 25.5. The molecule has 0 fully saturated rings. The van der Waals surface area contributed by atoms with Crippen molar-refractivity contribution in [2.75, 3.05) is 62.6 Å². The number of methoxy groups -OCH3 is 1. The van der Waals surface area contributed by atoms with Crippen LogP contribution in [-0.2, 0) is 9.47 Å². The van der Waals surface area contributed by atoms with Crippen molar-refractivity contribution in [1.29, 1.82) is 0 Å². The second-order valence-corrected chi connectivity index (χ2v) is 8.59. The number of benzene rings is 2. The summed E-state index contributed by atoms with van der Waals surface area (Å²) >= 11 is 0. The molecule has 210 valence electrons. The highest BCUT2D eigenvalue weighted by Crippen LogP contribution is 2.20. The molecular formula is C28H39N7O4. The second kappa shape index (κ2) is 16.8. The van der Waals surface area contributed by atoms with E-state index in [2.05, 4.69) is 50.1 Å². The summed E-state index contributed by atoms with van der Waals surface area (Å²) < 4.78 is 16.4. The number of hydrogen-bond acceptors (Lipinski definition) is 10. The predicted molar refractivity (Wildman–Crippen MR) is 153 cm³/mol. The Kier molecular flexibility index (Phi) is 12.7. The quantitative estimate of drug-likeness (QED) is 0.176. The van der Waals surface area contributed by atoms with Crippen molar-refractivity contribution in [1.82, 2.24) is 20.3 Å². The number of amides is 1. The van der Waals surface area contributed by atoms with Gasteiger partial charge in [0.05, 0.1) is 33.5 Å². The van der Waals surface area contributed by atoms with Crippen molar-refractivity contribution in [2.24, 2.45) is 0 Å². The van der Waals surface area contributed by atoms with E-state index in [1.54, 1.807) is 19.2 Å². The molecule has 39 heavy (non-hydrogen) atoms. The normalized spacial score (nSPS) is 10.8. The van der Waals surface area contributed by atoms with Gasteiger partial charge in [-0.05, 0) is 49.2 Å². The Morgan fingerprint density at radius 2 is 1.44 bits per heavy atom. The van der Waals surface area contributed by atoms with Gasteiger partial charge in [-0.1, -0.05) is 32.0 Å². The van der Waals surface area contributed by atoms with E-state index in [4.69, 9.17) is 14.2 Å². The number of anilines is 4. The van der Waals surface area contributed by atoms with Crippen LogP contribution in [0.4, 0.5) is 23.5 Å². The Bertz CT molecular complexity index is 1110. The molecule has 2 aromatic carbocycles. The van der Waals surface area contributed by atoms with Crippen LogP contribution in [0.1, 0.15) is 37.0 Å². The minimum atomic E-state index is -0.111. The number of nitrogens with one attached hydrogen (secondary N) is 4. The van der Waals surface area contributed by atoms with Crippen LogP contribution < -0.4 is 26.0 Å². The van der Waals surface area contributed by atoms with Crippen LogP contribution in [-0.4, -0.2) is 73.5 Å². The maximum atomic E-state index is 12.0. The minimum absolute atomic E-state index is 0.111. The van der Waals surface area contributed by atoms with Crippen LogP contribution in [0.2, 0.25) is 0 Å². The lowest BCUT2D eigenvalue weighted by Crippen LogP contribution is -2.27. The summed E-state index contributed by atoms with van der Waals surface area (Å²) in [7, 11) is 1.63. The number of hydrogen-bond donors (Lipinski definition) is 4. The fourth-order valence-corrected chi connectivity index (χ4v) is 3.54. The van der Waals surface area contributed by atoms with Crippen LogP contribution >= 0.6 is 0 Å². The van der Waals surface area contributed by atoms with Gasteiger partial charge in [-0.2, -0.15) is 15.0 Å². The van der Waals surface area contributed by atoms with Crippen molar-refractivity contribution in [2.45, 2.75) is 32.7 Å². The Morgan fingerprint density at radius 1 is 0.795 bits per heavy atom.